The maximum atomic E-state index is 13.3. The van der Waals surface area contributed by atoms with Gasteiger partial charge < -0.3 is 9.47 Å². The number of nitrogens with zero attached hydrogens (tertiary/aromatic N) is 2. The maximum absolute atomic E-state index is 13.3. The highest BCUT2D eigenvalue weighted by Crippen LogP contribution is 2.35. The monoisotopic (exact) mass is 383 g/mol. The van der Waals surface area contributed by atoms with Gasteiger partial charge in [0, 0.05) is 6.20 Å². The van der Waals surface area contributed by atoms with Crippen LogP contribution in [0.1, 0.15) is 64.6 Å². The Balaban J connectivity index is 2.00. The molecule has 1 saturated carbocycles. The average molecular weight is 383 g/mol. The first-order valence-electron chi connectivity index (χ1n) is 9.08. The van der Waals surface area contributed by atoms with Crippen molar-refractivity contribution in [2.75, 3.05) is 18.5 Å². The number of rotatable bonds is 6. The van der Waals surface area contributed by atoms with E-state index in [1.807, 2.05) is 0 Å². The summed E-state index contributed by atoms with van der Waals surface area (Å²) in [6.45, 7) is 6.03. The van der Waals surface area contributed by atoms with Crippen molar-refractivity contribution in [3.8, 4) is 12.3 Å². The molecule has 0 aromatic carbocycles. The minimum Gasteiger partial charge on any atom is -0.444 e. The van der Waals surface area contributed by atoms with Gasteiger partial charge in [0.15, 0.2) is 5.69 Å². The zero-order valence-electron chi connectivity index (χ0n) is 16.0. The third-order valence-corrected chi connectivity index (χ3v) is 4.33. The molecule has 0 saturated heterocycles. The largest absolute Gasteiger partial charge is 0.444 e. The summed E-state index contributed by atoms with van der Waals surface area (Å²) < 4.78 is 38.7. The maximum Gasteiger partial charge on any atom is 0.412 e. The number of nitrogens with one attached hydrogen (secondary N) is 1. The molecule has 150 valence electrons. The third-order valence-electron chi connectivity index (χ3n) is 4.33. The molecule has 8 heteroatoms. The highest BCUT2D eigenvalue weighted by atomic mass is 19.3. The summed E-state index contributed by atoms with van der Waals surface area (Å²) in [5.74, 6) is 2.85. The number of carbonyl (C=O) groups is 1. The van der Waals surface area contributed by atoms with Gasteiger partial charge >= 0.3 is 6.09 Å². The van der Waals surface area contributed by atoms with Crippen LogP contribution in [0.25, 0.3) is 0 Å². The molecule has 1 heterocycles. The fourth-order valence-electron chi connectivity index (χ4n) is 3.12. The second kappa shape index (κ2) is 9.18. The third kappa shape index (κ3) is 6.51. The Morgan fingerprint density at radius 1 is 1.41 bits per heavy atom. The molecular weight excluding hydrogens is 356 g/mol. The van der Waals surface area contributed by atoms with E-state index in [-0.39, 0.29) is 11.7 Å². The van der Waals surface area contributed by atoms with Crippen molar-refractivity contribution in [3.05, 3.63) is 11.9 Å². The van der Waals surface area contributed by atoms with Gasteiger partial charge in [0.25, 0.3) is 6.43 Å². The fourth-order valence-corrected chi connectivity index (χ4v) is 3.12. The first kappa shape index (κ1) is 21.2. The van der Waals surface area contributed by atoms with E-state index >= 15 is 0 Å². The Morgan fingerprint density at radius 2 is 2.07 bits per heavy atom. The van der Waals surface area contributed by atoms with Crippen molar-refractivity contribution in [1.82, 2.24) is 9.78 Å². The van der Waals surface area contributed by atoms with Gasteiger partial charge in [0.05, 0.1) is 18.3 Å². The summed E-state index contributed by atoms with van der Waals surface area (Å²) in [6, 6.07) is 0.0144. The van der Waals surface area contributed by atoms with Crippen LogP contribution in [0.2, 0.25) is 0 Å². The number of hydrogen-bond acceptors (Lipinski definition) is 4. The van der Waals surface area contributed by atoms with E-state index in [2.05, 4.69) is 16.3 Å². The molecule has 1 amide bonds. The lowest BCUT2D eigenvalue weighted by atomic mass is 9.86. The molecule has 27 heavy (non-hydrogen) atoms. The topological polar surface area (TPSA) is 65.4 Å². The molecule has 2 rings (SSSR count). The summed E-state index contributed by atoms with van der Waals surface area (Å²) in [5.41, 5.74) is -1.18. The normalized spacial score (nSPS) is 20.3. The van der Waals surface area contributed by atoms with Gasteiger partial charge in [0.1, 0.15) is 12.2 Å². The Labute approximate surface area is 158 Å². The van der Waals surface area contributed by atoms with E-state index < -0.39 is 23.8 Å². The summed E-state index contributed by atoms with van der Waals surface area (Å²) in [5, 5.41) is 6.41. The number of anilines is 1. The van der Waals surface area contributed by atoms with Gasteiger partial charge in [-0.3, -0.25) is 10.00 Å². The first-order chi connectivity index (χ1) is 12.7. The molecule has 0 spiro atoms. The van der Waals surface area contributed by atoms with Crippen molar-refractivity contribution in [2.24, 2.45) is 5.92 Å². The lowest BCUT2D eigenvalue weighted by Crippen LogP contribution is -2.27. The second-order valence-corrected chi connectivity index (χ2v) is 7.73. The SMILES string of the molecule is C#CCOCC1CCC(n2cc(NC(=O)OC(C)(C)C)c(C(F)F)n2)CC1. The van der Waals surface area contributed by atoms with Crippen molar-refractivity contribution in [1.29, 1.82) is 0 Å². The Kier molecular flexibility index (Phi) is 7.19. The van der Waals surface area contributed by atoms with Crippen LogP contribution in [0.15, 0.2) is 6.20 Å². The van der Waals surface area contributed by atoms with E-state index in [1.165, 1.54) is 10.9 Å². The lowest BCUT2D eigenvalue weighted by molar-refractivity contribution is 0.0635. The molecule has 0 bridgehead atoms. The molecule has 1 aromatic heterocycles. The van der Waals surface area contributed by atoms with Crippen LogP contribution >= 0.6 is 0 Å². The quantitative estimate of drug-likeness (QED) is 0.578. The number of alkyl halides is 2. The van der Waals surface area contributed by atoms with Gasteiger partial charge in [-0.2, -0.15) is 5.10 Å². The van der Waals surface area contributed by atoms with Crippen LogP contribution in [0.5, 0.6) is 0 Å². The first-order valence-corrected chi connectivity index (χ1v) is 9.08. The fraction of sp³-hybridized carbons (Fsp3) is 0.684. The minimum absolute atomic E-state index is 0.0144. The molecule has 0 aliphatic heterocycles. The molecule has 0 radical (unpaired) electrons. The van der Waals surface area contributed by atoms with Crippen molar-refractivity contribution >= 4 is 11.8 Å². The van der Waals surface area contributed by atoms with Gasteiger partial charge in [-0.25, -0.2) is 13.6 Å². The van der Waals surface area contributed by atoms with Crippen molar-refractivity contribution in [3.63, 3.8) is 0 Å². The number of carbonyl (C=O) groups excluding carboxylic acids is 1. The predicted octanol–water partition coefficient (Wildman–Crippen LogP) is 4.55. The standard InChI is InChI=1S/C19H27F2N3O3/c1-5-10-26-12-13-6-8-14(9-7-13)24-11-15(16(23-24)17(20)21)22-18(25)27-19(2,3)4/h1,11,13-14,17H,6-10,12H2,2-4H3,(H,22,25). The van der Waals surface area contributed by atoms with Gasteiger partial charge in [-0.05, 0) is 52.4 Å². The second-order valence-electron chi connectivity index (χ2n) is 7.73. The van der Waals surface area contributed by atoms with Gasteiger partial charge in [-0.15, -0.1) is 6.42 Å². The van der Waals surface area contributed by atoms with E-state index in [0.29, 0.717) is 19.1 Å². The number of amides is 1. The van der Waals surface area contributed by atoms with Crippen LogP contribution in [0.4, 0.5) is 19.3 Å². The molecule has 0 unspecified atom stereocenters. The van der Waals surface area contributed by atoms with Crippen LogP contribution in [0.3, 0.4) is 0 Å². The smallest absolute Gasteiger partial charge is 0.412 e. The highest BCUT2D eigenvalue weighted by molar-refractivity contribution is 5.85. The number of aromatic nitrogens is 2. The number of hydrogen-bond donors (Lipinski definition) is 1. The van der Waals surface area contributed by atoms with Crippen LogP contribution < -0.4 is 5.32 Å². The number of ether oxygens (including phenoxy) is 2. The van der Waals surface area contributed by atoms with Gasteiger partial charge in [-0.1, -0.05) is 5.92 Å². The summed E-state index contributed by atoms with van der Waals surface area (Å²) in [7, 11) is 0. The molecule has 6 nitrogen and oxygen atoms in total. The zero-order valence-corrected chi connectivity index (χ0v) is 16.0. The molecule has 1 aromatic rings. The summed E-state index contributed by atoms with van der Waals surface area (Å²) >= 11 is 0. The molecule has 1 fully saturated rings. The Bertz CT molecular complexity index is 669. The minimum atomic E-state index is -2.79. The van der Waals surface area contributed by atoms with Crippen molar-refractivity contribution < 1.29 is 23.0 Å². The van der Waals surface area contributed by atoms with E-state index in [0.717, 1.165) is 25.7 Å². The highest BCUT2D eigenvalue weighted by Gasteiger charge is 2.27. The predicted molar refractivity (Wildman–Crippen MR) is 97.7 cm³/mol. The lowest BCUT2D eigenvalue weighted by Gasteiger charge is -2.28. The Hall–Kier alpha value is -2.14. The van der Waals surface area contributed by atoms with Crippen LogP contribution in [-0.2, 0) is 9.47 Å². The van der Waals surface area contributed by atoms with Gasteiger partial charge in [0.2, 0.25) is 0 Å². The van der Waals surface area contributed by atoms with Crippen LogP contribution in [-0.4, -0.2) is 34.7 Å². The average Bonchev–Trinajstić information content (AvgIpc) is 2.98. The molecule has 1 N–H and O–H groups in total. The zero-order chi connectivity index (χ0) is 20.0. The molecule has 0 atom stereocenters. The molecule has 1 aliphatic rings. The van der Waals surface area contributed by atoms with E-state index in [9.17, 15) is 13.6 Å². The van der Waals surface area contributed by atoms with Crippen LogP contribution in [0, 0.1) is 18.3 Å². The summed E-state index contributed by atoms with van der Waals surface area (Å²) in [6.07, 6.45) is 6.49. The van der Waals surface area contributed by atoms with E-state index in [1.54, 1.807) is 20.8 Å². The Morgan fingerprint density at radius 3 is 2.63 bits per heavy atom. The van der Waals surface area contributed by atoms with Crippen molar-refractivity contribution in [2.45, 2.75) is 64.5 Å². The molecule has 1 aliphatic carbocycles. The number of terminal acetylenes is 1. The summed E-state index contributed by atoms with van der Waals surface area (Å²) in [4.78, 5) is 11.9. The molecular formula is C19H27F2N3O3. The van der Waals surface area contributed by atoms with E-state index in [4.69, 9.17) is 15.9 Å². The number of halogens is 2.